The summed E-state index contributed by atoms with van der Waals surface area (Å²) in [6.07, 6.45) is 5.29. The predicted octanol–water partition coefficient (Wildman–Crippen LogP) is 2.52. The monoisotopic (exact) mass is 240 g/mol. The number of ether oxygens (including phenoxy) is 1. The SMILES string of the molecule is CCN(CC)C(CC)(CC)C(N)C1=CCCO1. The molecule has 1 unspecified atom stereocenters. The van der Waals surface area contributed by atoms with Crippen LogP contribution < -0.4 is 5.73 Å². The summed E-state index contributed by atoms with van der Waals surface area (Å²) in [7, 11) is 0. The third-order valence-electron chi connectivity index (χ3n) is 4.24. The zero-order valence-electron chi connectivity index (χ0n) is 11.8. The molecule has 2 N–H and O–H groups in total. The van der Waals surface area contributed by atoms with Gasteiger partial charge in [-0.2, -0.15) is 0 Å². The molecule has 17 heavy (non-hydrogen) atoms. The number of hydrogen-bond donors (Lipinski definition) is 1. The van der Waals surface area contributed by atoms with E-state index in [2.05, 4.69) is 38.7 Å². The average molecular weight is 240 g/mol. The first-order chi connectivity index (χ1) is 8.16. The van der Waals surface area contributed by atoms with Crippen molar-refractivity contribution in [1.29, 1.82) is 0 Å². The second-order valence-corrected chi connectivity index (χ2v) is 4.70. The third kappa shape index (κ3) is 2.66. The summed E-state index contributed by atoms with van der Waals surface area (Å²) in [5, 5.41) is 0. The predicted molar refractivity (Wildman–Crippen MR) is 72.9 cm³/mol. The number of nitrogens with zero attached hydrogens (tertiary/aromatic N) is 1. The summed E-state index contributed by atoms with van der Waals surface area (Å²) in [6.45, 7) is 11.8. The zero-order chi connectivity index (χ0) is 12.9. The van der Waals surface area contributed by atoms with Crippen LogP contribution in [0.15, 0.2) is 11.8 Å². The zero-order valence-corrected chi connectivity index (χ0v) is 11.8. The van der Waals surface area contributed by atoms with E-state index in [0.29, 0.717) is 0 Å². The normalized spacial score (nSPS) is 18.1. The molecule has 1 atom stereocenters. The Labute approximate surface area is 106 Å². The van der Waals surface area contributed by atoms with Crippen LogP contribution in [0.3, 0.4) is 0 Å². The highest BCUT2D eigenvalue weighted by molar-refractivity contribution is 5.15. The van der Waals surface area contributed by atoms with Gasteiger partial charge in [-0.05, 0) is 32.0 Å². The van der Waals surface area contributed by atoms with Crippen molar-refractivity contribution in [1.82, 2.24) is 4.90 Å². The van der Waals surface area contributed by atoms with Gasteiger partial charge in [0.2, 0.25) is 0 Å². The lowest BCUT2D eigenvalue weighted by Crippen LogP contribution is -2.60. The highest BCUT2D eigenvalue weighted by Crippen LogP contribution is 2.32. The molecule has 1 rings (SSSR count). The molecule has 0 saturated heterocycles. The summed E-state index contributed by atoms with van der Waals surface area (Å²) in [5.74, 6) is 1.00. The topological polar surface area (TPSA) is 38.5 Å². The minimum atomic E-state index is -0.0000926. The number of hydrogen-bond acceptors (Lipinski definition) is 3. The Bertz CT molecular complexity index is 255. The summed E-state index contributed by atoms with van der Waals surface area (Å²) in [4.78, 5) is 2.49. The molecule has 0 radical (unpaired) electrons. The summed E-state index contributed by atoms with van der Waals surface area (Å²) < 4.78 is 5.67. The van der Waals surface area contributed by atoms with E-state index in [1.165, 1.54) is 0 Å². The van der Waals surface area contributed by atoms with Crippen LogP contribution in [0.1, 0.15) is 47.0 Å². The Morgan fingerprint density at radius 1 is 1.29 bits per heavy atom. The van der Waals surface area contributed by atoms with Crippen LogP contribution in [0.4, 0.5) is 0 Å². The summed E-state index contributed by atoms with van der Waals surface area (Å²) in [5.41, 5.74) is 6.54. The largest absolute Gasteiger partial charge is 0.496 e. The second kappa shape index (κ2) is 6.41. The van der Waals surface area contributed by atoms with Crippen LogP contribution in [0.25, 0.3) is 0 Å². The van der Waals surface area contributed by atoms with Gasteiger partial charge in [-0.15, -0.1) is 0 Å². The van der Waals surface area contributed by atoms with Crippen molar-refractivity contribution in [2.75, 3.05) is 19.7 Å². The molecule has 100 valence electrons. The molecule has 3 heteroatoms. The standard InChI is InChI=1S/C14H28N2O/c1-5-14(6-2,16(7-3)8-4)13(15)12-10-9-11-17-12/h10,13H,5-9,11,15H2,1-4H3. The Morgan fingerprint density at radius 3 is 2.24 bits per heavy atom. The Balaban J connectivity index is 2.96. The van der Waals surface area contributed by atoms with E-state index in [-0.39, 0.29) is 11.6 Å². The fraction of sp³-hybridized carbons (Fsp3) is 0.857. The lowest BCUT2D eigenvalue weighted by Gasteiger charge is -2.46. The molecule has 0 spiro atoms. The van der Waals surface area contributed by atoms with E-state index in [9.17, 15) is 0 Å². The van der Waals surface area contributed by atoms with Crippen LogP contribution in [-0.2, 0) is 4.74 Å². The Hall–Kier alpha value is -0.540. The molecular formula is C14H28N2O. The summed E-state index contributed by atoms with van der Waals surface area (Å²) in [6, 6.07) is -0.0000926. The number of nitrogens with two attached hydrogens (primary N) is 1. The van der Waals surface area contributed by atoms with Crippen molar-refractivity contribution < 1.29 is 4.74 Å². The lowest BCUT2D eigenvalue weighted by atomic mass is 9.81. The fourth-order valence-corrected chi connectivity index (χ4v) is 3.11. The molecule has 1 heterocycles. The first-order valence-corrected chi connectivity index (χ1v) is 6.99. The smallest absolute Gasteiger partial charge is 0.111 e. The number of likely N-dealkylation sites (N-methyl/N-ethyl adjacent to an activating group) is 1. The van der Waals surface area contributed by atoms with Crippen molar-refractivity contribution >= 4 is 0 Å². The Kier molecular flexibility index (Phi) is 5.47. The maximum atomic E-state index is 6.50. The minimum absolute atomic E-state index is 0.0000926. The van der Waals surface area contributed by atoms with Crippen molar-refractivity contribution in [3.8, 4) is 0 Å². The second-order valence-electron chi connectivity index (χ2n) is 4.70. The van der Waals surface area contributed by atoms with Gasteiger partial charge in [0.25, 0.3) is 0 Å². The quantitative estimate of drug-likeness (QED) is 0.743. The van der Waals surface area contributed by atoms with Crippen LogP contribution in [0, 0.1) is 0 Å². The maximum Gasteiger partial charge on any atom is 0.111 e. The van der Waals surface area contributed by atoms with Gasteiger partial charge in [-0.3, -0.25) is 4.90 Å². The number of rotatable bonds is 7. The first-order valence-electron chi connectivity index (χ1n) is 6.99. The molecule has 1 aliphatic heterocycles. The van der Waals surface area contributed by atoms with Gasteiger partial charge in [0.05, 0.1) is 12.6 Å². The van der Waals surface area contributed by atoms with E-state index in [1.807, 2.05) is 0 Å². The molecule has 0 aromatic heterocycles. The van der Waals surface area contributed by atoms with Crippen molar-refractivity contribution in [2.45, 2.75) is 58.5 Å². The maximum absolute atomic E-state index is 6.50. The van der Waals surface area contributed by atoms with Gasteiger partial charge in [0, 0.05) is 12.0 Å². The van der Waals surface area contributed by atoms with Gasteiger partial charge >= 0.3 is 0 Å². The molecule has 1 aliphatic rings. The molecule has 0 fully saturated rings. The van der Waals surface area contributed by atoms with E-state index in [1.54, 1.807) is 0 Å². The Morgan fingerprint density at radius 2 is 1.88 bits per heavy atom. The molecule has 0 amide bonds. The molecule has 0 bridgehead atoms. The van der Waals surface area contributed by atoms with E-state index < -0.39 is 0 Å². The van der Waals surface area contributed by atoms with Gasteiger partial charge in [0.15, 0.2) is 0 Å². The highest BCUT2D eigenvalue weighted by atomic mass is 16.5. The van der Waals surface area contributed by atoms with Gasteiger partial charge in [-0.1, -0.05) is 27.7 Å². The molecule has 0 aromatic carbocycles. The minimum Gasteiger partial charge on any atom is -0.496 e. The average Bonchev–Trinajstić information content (AvgIpc) is 2.89. The van der Waals surface area contributed by atoms with Gasteiger partial charge in [-0.25, -0.2) is 0 Å². The molecular weight excluding hydrogens is 212 g/mol. The summed E-state index contributed by atoms with van der Waals surface area (Å²) >= 11 is 0. The first kappa shape index (κ1) is 14.5. The van der Waals surface area contributed by atoms with Crippen molar-refractivity contribution in [3.63, 3.8) is 0 Å². The van der Waals surface area contributed by atoms with Crippen LogP contribution >= 0.6 is 0 Å². The molecule has 3 nitrogen and oxygen atoms in total. The van der Waals surface area contributed by atoms with Crippen molar-refractivity contribution in [3.05, 3.63) is 11.8 Å². The van der Waals surface area contributed by atoms with Crippen LogP contribution in [-0.4, -0.2) is 36.2 Å². The van der Waals surface area contributed by atoms with Gasteiger partial charge in [0.1, 0.15) is 5.76 Å². The van der Waals surface area contributed by atoms with Crippen molar-refractivity contribution in [2.24, 2.45) is 5.73 Å². The molecule has 0 aliphatic carbocycles. The fourth-order valence-electron chi connectivity index (χ4n) is 3.11. The van der Waals surface area contributed by atoms with Crippen LogP contribution in [0.5, 0.6) is 0 Å². The third-order valence-corrected chi connectivity index (χ3v) is 4.24. The van der Waals surface area contributed by atoms with E-state index >= 15 is 0 Å². The van der Waals surface area contributed by atoms with E-state index in [4.69, 9.17) is 10.5 Å². The van der Waals surface area contributed by atoms with E-state index in [0.717, 1.165) is 44.7 Å². The molecule has 0 saturated carbocycles. The molecule has 0 aromatic rings. The lowest BCUT2D eigenvalue weighted by molar-refractivity contribution is 0.0534. The van der Waals surface area contributed by atoms with Gasteiger partial charge < -0.3 is 10.5 Å². The van der Waals surface area contributed by atoms with Crippen LogP contribution in [0.2, 0.25) is 0 Å². The highest BCUT2D eigenvalue weighted by Gasteiger charge is 2.40.